The van der Waals surface area contributed by atoms with Crippen LogP contribution in [0.3, 0.4) is 0 Å². The second-order valence-corrected chi connectivity index (χ2v) is 7.39. The average molecular weight is 394 g/mol. The molecule has 2 N–H and O–H groups in total. The molecule has 2 aromatic carbocycles. The summed E-state index contributed by atoms with van der Waals surface area (Å²) in [7, 11) is 0. The van der Waals surface area contributed by atoms with Crippen LogP contribution in [0.15, 0.2) is 48.5 Å². The number of benzene rings is 2. The molecular weight excluding hydrogens is 372 g/mol. The third kappa shape index (κ3) is 4.08. The molecule has 7 heteroatoms. The molecule has 2 aliphatic rings. The third-order valence-electron chi connectivity index (χ3n) is 5.45. The molecule has 0 radical (unpaired) electrons. The van der Waals surface area contributed by atoms with Crippen LogP contribution in [-0.2, 0) is 16.0 Å². The number of amides is 2. The minimum absolute atomic E-state index is 0.158. The number of fused-ring (bicyclic) bond motifs is 1. The Morgan fingerprint density at radius 3 is 2.52 bits per heavy atom. The summed E-state index contributed by atoms with van der Waals surface area (Å²) in [5.74, 6) is -0.887. The highest BCUT2D eigenvalue weighted by atomic mass is 16.5. The molecule has 2 aliphatic heterocycles. The summed E-state index contributed by atoms with van der Waals surface area (Å²) >= 11 is 0. The van der Waals surface area contributed by atoms with Gasteiger partial charge in [0.25, 0.3) is 11.8 Å². The molecule has 1 fully saturated rings. The molecular formula is C22H22N2O5. The maximum Gasteiger partial charge on any atom is 0.306 e. The summed E-state index contributed by atoms with van der Waals surface area (Å²) in [5.41, 5.74) is 1.99. The highest BCUT2D eigenvalue weighted by Gasteiger charge is 2.30. The number of hydrogen-bond acceptors (Lipinski definition) is 4. The Morgan fingerprint density at radius 1 is 1.03 bits per heavy atom. The predicted molar refractivity (Wildman–Crippen MR) is 106 cm³/mol. The van der Waals surface area contributed by atoms with Crippen LogP contribution >= 0.6 is 0 Å². The Labute approximate surface area is 168 Å². The summed E-state index contributed by atoms with van der Waals surface area (Å²) in [6.45, 7) is 0.834. The monoisotopic (exact) mass is 394 g/mol. The van der Waals surface area contributed by atoms with Crippen LogP contribution in [0.2, 0.25) is 0 Å². The van der Waals surface area contributed by atoms with Gasteiger partial charge in [0, 0.05) is 30.8 Å². The van der Waals surface area contributed by atoms with Crippen LogP contribution in [0.1, 0.15) is 28.8 Å². The van der Waals surface area contributed by atoms with Crippen molar-refractivity contribution in [1.82, 2.24) is 4.90 Å². The predicted octanol–water partition coefficient (Wildman–Crippen LogP) is 2.57. The molecule has 0 spiro atoms. The Balaban J connectivity index is 1.38. The van der Waals surface area contributed by atoms with Gasteiger partial charge in [-0.15, -0.1) is 0 Å². The minimum atomic E-state index is -0.807. The van der Waals surface area contributed by atoms with Crippen molar-refractivity contribution < 1.29 is 24.2 Å². The number of anilines is 1. The van der Waals surface area contributed by atoms with Gasteiger partial charge in [-0.3, -0.25) is 14.4 Å². The van der Waals surface area contributed by atoms with E-state index in [1.807, 2.05) is 24.3 Å². The van der Waals surface area contributed by atoms with E-state index in [1.54, 1.807) is 29.2 Å². The Kier molecular flexibility index (Phi) is 5.20. The molecule has 0 bridgehead atoms. The van der Waals surface area contributed by atoms with E-state index in [4.69, 9.17) is 9.84 Å². The van der Waals surface area contributed by atoms with Gasteiger partial charge in [-0.1, -0.05) is 24.3 Å². The summed E-state index contributed by atoms with van der Waals surface area (Å²) in [6, 6.07) is 14.4. The van der Waals surface area contributed by atoms with Crippen molar-refractivity contribution in [3.8, 4) is 5.75 Å². The molecule has 1 saturated heterocycles. The third-order valence-corrected chi connectivity index (χ3v) is 5.45. The van der Waals surface area contributed by atoms with Crippen LogP contribution in [0, 0.1) is 5.92 Å². The number of para-hydroxylation sites is 1. The maximum absolute atomic E-state index is 12.8. The van der Waals surface area contributed by atoms with Crippen LogP contribution in [0.5, 0.6) is 5.75 Å². The van der Waals surface area contributed by atoms with Gasteiger partial charge in [0.15, 0.2) is 6.10 Å². The molecule has 29 heavy (non-hydrogen) atoms. The molecule has 2 amide bonds. The molecule has 7 nitrogen and oxygen atoms in total. The second-order valence-electron chi connectivity index (χ2n) is 7.39. The number of likely N-dealkylation sites (tertiary alicyclic amines) is 1. The van der Waals surface area contributed by atoms with E-state index in [2.05, 4.69) is 5.32 Å². The zero-order valence-electron chi connectivity index (χ0n) is 15.8. The summed E-state index contributed by atoms with van der Waals surface area (Å²) in [4.78, 5) is 38.1. The highest BCUT2D eigenvalue weighted by Crippen LogP contribution is 2.29. The number of carboxylic acids is 1. The van der Waals surface area contributed by atoms with Crippen LogP contribution in [0.25, 0.3) is 0 Å². The smallest absolute Gasteiger partial charge is 0.306 e. The van der Waals surface area contributed by atoms with E-state index in [0.29, 0.717) is 43.6 Å². The topological polar surface area (TPSA) is 95.9 Å². The number of rotatable bonds is 4. The van der Waals surface area contributed by atoms with E-state index in [-0.39, 0.29) is 17.7 Å². The minimum Gasteiger partial charge on any atom is -0.481 e. The summed E-state index contributed by atoms with van der Waals surface area (Å²) in [5, 5.41) is 11.9. The molecule has 2 aromatic rings. The number of nitrogens with one attached hydrogen (secondary N) is 1. The molecule has 0 aromatic heterocycles. The van der Waals surface area contributed by atoms with Crippen molar-refractivity contribution in [2.24, 2.45) is 5.92 Å². The Bertz CT molecular complexity index is 925. The Hall–Kier alpha value is -3.35. The number of carboxylic acid groups (broad SMARTS) is 1. The van der Waals surface area contributed by atoms with E-state index in [1.165, 1.54) is 0 Å². The standard InChI is InChI=1S/C22H22N2O5/c25-20(19-13-15-4-1-2-7-18(15)29-19)23-17-6-3-5-16(12-17)21(26)24-10-8-14(9-11-24)22(27)28/h1-7,12,14,19H,8-11,13H2,(H,23,25)(H,27,28). The van der Waals surface area contributed by atoms with Crippen LogP contribution < -0.4 is 10.1 Å². The van der Waals surface area contributed by atoms with Crippen LogP contribution in [-0.4, -0.2) is 47.0 Å². The van der Waals surface area contributed by atoms with Crippen molar-refractivity contribution in [3.63, 3.8) is 0 Å². The van der Waals surface area contributed by atoms with Gasteiger partial charge in [-0.25, -0.2) is 0 Å². The average Bonchev–Trinajstić information content (AvgIpc) is 3.18. The second kappa shape index (κ2) is 7.95. The molecule has 0 aliphatic carbocycles. The van der Waals surface area contributed by atoms with Gasteiger partial charge in [0.1, 0.15) is 5.75 Å². The molecule has 1 unspecified atom stereocenters. The lowest BCUT2D eigenvalue weighted by Crippen LogP contribution is -2.40. The first-order valence-corrected chi connectivity index (χ1v) is 9.69. The van der Waals surface area contributed by atoms with Crippen LogP contribution in [0.4, 0.5) is 5.69 Å². The molecule has 0 saturated carbocycles. The quantitative estimate of drug-likeness (QED) is 0.831. The lowest BCUT2D eigenvalue weighted by atomic mass is 9.96. The first-order chi connectivity index (χ1) is 14.0. The zero-order chi connectivity index (χ0) is 20.4. The van der Waals surface area contributed by atoms with E-state index in [0.717, 1.165) is 11.3 Å². The van der Waals surface area contributed by atoms with Crippen molar-refractivity contribution in [2.75, 3.05) is 18.4 Å². The lowest BCUT2D eigenvalue weighted by Gasteiger charge is -2.30. The van der Waals surface area contributed by atoms with Gasteiger partial charge in [0.2, 0.25) is 0 Å². The van der Waals surface area contributed by atoms with E-state index < -0.39 is 12.1 Å². The summed E-state index contributed by atoms with van der Waals surface area (Å²) < 4.78 is 5.71. The normalized spacial score (nSPS) is 18.6. The van der Waals surface area contributed by atoms with Gasteiger partial charge >= 0.3 is 5.97 Å². The number of piperidine rings is 1. The number of carbonyl (C=O) groups excluding carboxylic acids is 2. The number of hydrogen-bond donors (Lipinski definition) is 2. The number of aliphatic carboxylic acids is 1. The SMILES string of the molecule is O=C(O)C1CCN(C(=O)c2cccc(NC(=O)C3Cc4ccccc4O3)c2)CC1. The molecule has 2 heterocycles. The molecule has 1 atom stereocenters. The number of nitrogens with zero attached hydrogens (tertiary/aromatic N) is 1. The van der Waals surface area contributed by atoms with Gasteiger partial charge in [0.05, 0.1) is 5.92 Å². The fourth-order valence-corrected chi connectivity index (χ4v) is 3.79. The first kappa shape index (κ1) is 19.0. The van der Waals surface area contributed by atoms with E-state index >= 15 is 0 Å². The van der Waals surface area contributed by atoms with Crippen molar-refractivity contribution in [3.05, 3.63) is 59.7 Å². The van der Waals surface area contributed by atoms with Crippen molar-refractivity contribution in [1.29, 1.82) is 0 Å². The number of carbonyl (C=O) groups is 3. The molecule has 4 rings (SSSR count). The van der Waals surface area contributed by atoms with Gasteiger partial charge < -0.3 is 20.1 Å². The largest absolute Gasteiger partial charge is 0.481 e. The summed E-state index contributed by atoms with van der Waals surface area (Å²) in [6.07, 6.45) is 0.828. The zero-order valence-corrected chi connectivity index (χ0v) is 15.8. The number of ether oxygens (including phenoxy) is 1. The maximum atomic E-state index is 12.8. The van der Waals surface area contributed by atoms with Crippen molar-refractivity contribution in [2.45, 2.75) is 25.4 Å². The lowest BCUT2D eigenvalue weighted by molar-refractivity contribution is -0.143. The first-order valence-electron chi connectivity index (χ1n) is 9.69. The molecule has 150 valence electrons. The fourth-order valence-electron chi connectivity index (χ4n) is 3.79. The van der Waals surface area contributed by atoms with E-state index in [9.17, 15) is 14.4 Å². The highest BCUT2D eigenvalue weighted by molar-refractivity contribution is 5.98. The Morgan fingerprint density at radius 2 is 1.79 bits per heavy atom. The van der Waals surface area contributed by atoms with Gasteiger partial charge in [-0.2, -0.15) is 0 Å². The fraction of sp³-hybridized carbons (Fsp3) is 0.318. The van der Waals surface area contributed by atoms with Crippen molar-refractivity contribution >= 4 is 23.5 Å². The van der Waals surface area contributed by atoms with Gasteiger partial charge in [-0.05, 0) is 42.7 Å².